The predicted octanol–water partition coefficient (Wildman–Crippen LogP) is 3.65. The molecule has 2 N–H and O–H groups in total. The van der Waals surface area contributed by atoms with Crippen molar-refractivity contribution in [3.05, 3.63) is 0 Å². The number of nitrogens with one attached hydrogen (secondary N) is 2. The number of amides is 1. The summed E-state index contributed by atoms with van der Waals surface area (Å²) in [5.74, 6) is 0. The van der Waals surface area contributed by atoms with Gasteiger partial charge in [-0.05, 0) is 51.7 Å². The molecule has 1 aliphatic heterocycles. The van der Waals surface area contributed by atoms with Gasteiger partial charge in [-0.2, -0.15) is 0 Å². The summed E-state index contributed by atoms with van der Waals surface area (Å²) in [6.07, 6.45) is 1.87. The number of ether oxygens (including phenoxy) is 1. The van der Waals surface area contributed by atoms with Gasteiger partial charge in [-0.1, -0.05) is 20.8 Å². The molecule has 2 atom stereocenters. The normalized spacial score (nSPS) is 23.0. The number of carbonyl (C=O) groups excluding carboxylic acids is 1. The SMILES string of the molecule is CC(C)(C)OC(=O)NCC[C@H]1C[C@@H](O[Si](C)(C)C(C)(C)C)CN1. The molecule has 23 heavy (non-hydrogen) atoms. The van der Waals surface area contributed by atoms with Crippen LogP contribution in [0, 0.1) is 0 Å². The minimum atomic E-state index is -1.71. The van der Waals surface area contributed by atoms with Gasteiger partial charge in [0.25, 0.3) is 0 Å². The van der Waals surface area contributed by atoms with E-state index in [4.69, 9.17) is 9.16 Å². The van der Waals surface area contributed by atoms with Crippen LogP contribution in [0.25, 0.3) is 0 Å². The molecule has 0 unspecified atom stereocenters. The highest BCUT2D eigenvalue weighted by molar-refractivity contribution is 6.74. The Labute approximate surface area is 143 Å². The average Bonchev–Trinajstić information content (AvgIpc) is 2.71. The first kappa shape index (κ1) is 20.5. The Morgan fingerprint density at radius 3 is 2.35 bits per heavy atom. The Morgan fingerprint density at radius 2 is 1.83 bits per heavy atom. The molecular weight excluding hydrogens is 308 g/mol. The molecular formula is C17H36N2O3Si. The highest BCUT2D eigenvalue weighted by atomic mass is 28.4. The van der Waals surface area contributed by atoms with Gasteiger partial charge in [0, 0.05) is 19.1 Å². The van der Waals surface area contributed by atoms with Crippen molar-refractivity contribution in [1.29, 1.82) is 0 Å². The molecule has 136 valence electrons. The van der Waals surface area contributed by atoms with E-state index in [0.717, 1.165) is 19.4 Å². The van der Waals surface area contributed by atoms with Gasteiger partial charge in [-0.25, -0.2) is 4.79 Å². The molecule has 0 radical (unpaired) electrons. The van der Waals surface area contributed by atoms with Crippen LogP contribution in [0.15, 0.2) is 0 Å². The summed E-state index contributed by atoms with van der Waals surface area (Å²) in [6, 6.07) is 0.403. The molecule has 0 aliphatic carbocycles. The Kier molecular flexibility index (Phi) is 6.70. The maximum atomic E-state index is 11.6. The Hall–Kier alpha value is -0.593. The fraction of sp³-hybridized carbons (Fsp3) is 0.941. The van der Waals surface area contributed by atoms with Gasteiger partial charge in [0.1, 0.15) is 5.60 Å². The lowest BCUT2D eigenvalue weighted by Gasteiger charge is -2.38. The van der Waals surface area contributed by atoms with Crippen molar-refractivity contribution in [2.75, 3.05) is 13.1 Å². The van der Waals surface area contributed by atoms with Crippen LogP contribution in [0.3, 0.4) is 0 Å². The topological polar surface area (TPSA) is 59.6 Å². The third-order valence-corrected chi connectivity index (χ3v) is 9.15. The summed E-state index contributed by atoms with van der Waals surface area (Å²) >= 11 is 0. The zero-order valence-electron chi connectivity index (χ0n) is 16.2. The fourth-order valence-corrected chi connectivity index (χ4v) is 3.71. The van der Waals surface area contributed by atoms with Crippen molar-refractivity contribution in [2.45, 2.75) is 90.3 Å². The highest BCUT2D eigenvalue weighted by Crippen LogP contribution is 2.38. The monoisotopic (exact) mass is 344 g/mol. The summed E-state index contributed by atoms with van der Waals surface area (Å²) in [7, 11) is -1.71. The Bertz CT molecular complexity index is 400. The van der Waals surface area contributed by atoms with Crippen LogP contribution in [0.5, 0.6) is 0 Å². The first-order valence-electron chi connectivity index (χ1n) is 8.68. The molecule has 1 rings (SSSR count). The third-order valence-electron chi connectivity index (χ3n) is 4.61. The molecule has 1 amide bonds. The lowest BCUT2D eigenvalue weighted by atomic mass is 10.1. The molecule has 0 aromatic carbocycles. The predicted molar refractivity (Wildman–Crippen MR) is 97.3 cm³/mol. The summed E-state index contributed by atoms with van der Waals surface area (Å²) in [5, 5.41) is 6.57. The second-order valence-electron chi connectivity index (χ2n) is 9.06. The summed E-state index contributed by atoms with van der Waals surface area (Å²) in [5.41, 5.74) is -0.447. The zero-order chi connectivity index (χ0) is 17.9. The minimum absolute atomic E-state index is 0.239. The van der Waals surface area contributed by atoms with Gasteiger partial charge in [-0.3, -0.25) is 0 Å². The second-order valence-corrected chi connectivity index (χ2v) is 13.8. The van der Waals surface area contributed by atoms with Gasteiger partial charge in [0.05, 0.1) is 6.10 Å². The first-order valence-corrected chi connectivity index (χ1v) is 11.6. The third kappa shape index (κ3) is 7.22. The Morgan fingerprint density at radius 1 is 1.22 bits per heavy atom. The highest BCUT2D eigenvalue weighted by Gasteiger charge is 2.40. The smallest absolute Gasteiger partial charge is 0.407 e. The van der Waals surface area contributed by atoms with Crippen LogP contribution in [0.4, 0.5) is 4.79 Å². The largest absolute Gasteiger partial charge is 0.444 e. The number of carbonyl (C=O) groups is 1. The zero-order valence-corrected chi connectivity index (χ0v) is 17.2. The van der Waals surface area contributed by atoms with E-state index >= 15 is 0 Å². The van der Waals surface area contributed by atoms with E-state index in [1.165, 1.54) is 0 Å². The van der Waals surface area contributed by atoms with E-state index in [9.17, 15) is 4.79 Å². The average molecular weight is 345 g/mol. The van der Waals surface area contributed by atoms with E-state index in [1.807, 2.05) is 20.8 Å². The van der Waals surface area contributed by atoms with Crippen molar-refractivity contribution in [3.8, 4) is 0 Å². The molecule has 0 bridgehead atoms. The van der Waals surface area contributed by atoms with Crippen LogP contribution in [-0.4, -0.2) is 45.2 Å². The van der Waals surface area contributed by atoms with Gasteiger partial charge in [-0.15, -0.1) is 0 Å². The molecule has 0 saturated carbocycles. The Balaban J connectivity index is 2.29. The number of alkyl carbamates (subject to hydrolysis) is 1. The molecule has 5 nitrogen and oxygen atoms in total. The van der Waals surface area contributed by atoms with E-state index in [-0.39, 0.29) is 11.1 Å². The van der Waals surface area contributed by atoms with Gasteiger partial charge in [0.2, 0.25) is 0 Å². The first-order chi connectivity index (χ1) is 10.3. The van der Waals surface area contributed by atoms with Gasteiger partial charge >= 0.3 is 6.09 Å². The quantitative estimate of drug-likeness (QED) is 0.747. The van der Waals surface area contributed by atoms with Gasteiger partial charge < -0.3 is 19.8 Å². The number of rotatable bonds is 5. The number of hydrogen-bond acceptors (Lipinski definition) is 4. The van der Waals surface area contributed by atoms with Crippen molar-refractivity contribution >= 4 is 14.4 Å². The van der Waals surface area contributed by atoms with Gasteiger partial charge in [0.15, 0.2) is 8.32 Å². The maximum Gasteiger partial charge on any atom is 0.407 e. The molecule has 6 heteroatoms. The van der Waals surface area contributed by atoms with Crippen LogP contribution in [0.1, 0.15) is 54.4 Å². The summed E-state index contributed by atoms with van der Waals surface area (Å²) in [6.45, 7) is 18.5. The lowest BCUT2D eigenvalue weighted by molar-refractivity contribution is 0.0526. The standard InChI is InChI=1S/C17H36N2O3Si/c1-16(2,3)21-15(20)18-10-9-13-11-14(12-19-13)22-23(7,8)17(4,5)6/h13-14,19H,9-12H2,1-8H3,(H,18,20)/t13-,14+/m0/s1. The van der Waals surface area contributed by atoms with Crippen molar-refractivity contribution in [1.82, 2.24) is 10.6 Å². The van der Waals surface area contributed by atoms with E-state index in [2.05, 4.69) is 44.5 Å². The maximum absolute atomic E-state index is 11.6. The number of hydrogen-bond donors (Lipinski definition) is 2. The van der Waals surface area contributed by atoms with Crippen molar-refractivity contribution < 1.29 is 14.0 Å². The molecule has 0 spiro atoms. The lowest BCUT2D eigenvalue weighted by Crippen LogP contribution is -2.44. The fourth-order valence-electron chi connectivity index (χ4n) is 2.35. The molecule has 1 fully saturated rings. The van der Waals surface area contributed by atoms with E-state index in [0.29, 0.717) is 18.7 Å². The van der Waals surface area contributed by atoms with Crippen molar-refractivity contribution in [2.24, 2.45) is 0 Å². The molecule has 1 heterocycles. The molecule has 0 aromatic rings. The molecule has 0 aromatic heterocycles. The molecule has 1 aliphatic rings. The summed E-state index contributed by atoms with van der Waals surface area (Å²) in [4.78, 5) is 11.6. The van der Waals surface area contributed by atoms with Crippen LogP contribution in [-0.2, 0) is 9.16 Å². The minimum Gasteiger partial charge on any atom is -0.444 e. The van der Waals surface area contributed by atoms with E-state index < -0.39 is 13.9 Å². The second kappa shape index (κ2) is 7.53. The van der Waals surface area contributed by atoms with Crippen LogP contribution >= 0.6 is 0 Å². The summed E-state index contributed by atoms with van der Waals surface area (Å²) < 4.78 is 11.7. The van der Waals surface area contributed by atoms with Crippen LogP contribution < -0.4 is 10.6 Å². The van der Waals surface area contributed by atoms with Crippen molar-refractivity contribution in [3.63, 3.8) is 0 Å². The molecule has 1 saturated heterocycles. The van der Waals surface area contributed by atoms with Crippen LogP contribution in [0.2, 0.25) is 18.1 Å². The van der Waals surface area contributed by atoms with E-state index in [1.54, 1.807) is 0 Å².